The maximum atomic E-state index is 13.7. The van der Waals surface area contributed by atoms with Gasteiger partial charge in [-0.2, -0.15) is 0 Å². The number of para-hydroxylation sites is 2. The van der Waals surface area contributed by atoms with Crippen LogP contribution < -0.4 is 5.32 Å². The Balaban J connectivity index is 1.39. The van der Waals surface area contributed by atoms with E-state index in [4.69, 9.17) is 0 Å². The Bertz CT molecular complexity index is 1080. The Morgan fingerprint density at radius 3 is 2.81 bits per heavy atom. The predicted molar refractivity (Wildman–Crippen MR) is 124 cm³/mol. The fourth-order valence-corrected chi connectivity index (χ4v) is 5.25. The number of aromatic nitrogens is 2. The van der Waals surface area contributed by atoms with E-state index in [9.17, 15) is 14.3 Å². The first kappa shape index (κ1) is 22.5. The number of carbonyl (C=O) groups excluding carboxylic acids is 1. The fraction of sp³-hybridized carbons (Fsp3) is 0.462. The third-order valence-electron chi connectivity index (χ3n) is 6.91. The molecule has 1 aliphatic carbocycles. The van der Waals surface area contributed by atoms with Gasteiger partial charge in [-0.05, 0) is 60.6 Å². The van der Waals surface area contributed by atoms with Crippen molar-refractivity contribution in [1.82, 2.24) is 15.3 Å². The van der Waals surface area contributed by atoms with E-state index in [1.807, 2.05) is 38.1 Å². The van der Waals surface area contributed by atoms with Crippen molar-refractivity contribution < 1.29 is 14.3 Å². The molecule has 1 heterocycles. The zero-order valence-electron chi connectivity index (χ0n) is 19.0. The minimum absolute atomic E-state index is 0.118. The molecular weight excluding hydrogens is 405 g/mol. The average molecular weight is 438 g/mol. The molecular formula is C26H32FN3O2. The maximum Gasteiger partial charge on any atom is 0.225 e. The van der Waals surface area contributed by atoms with Crippen molar-refractivity contribution in [2.45, 2.75) is 58.0 Å². The number of fused-ring (bicyclic) bond motifs is 2. The first-order chi connectivity index (χ1) is 15.3. The van der Waals surface area contributed by atoms with Gasteiger partial charge in [-0.15, -0.1) is 0 Å². The molecule has 3 atom stereocenters. The number of hydrogen-bond acceptors (Lipinski definition) is 3. The van der Waals surface area contributed by atoms with Gasteiger partial charge in [-0.1, -0.05) is 39.0 Å². The van der Waals surface area contributed by atoms with Crippen LogP contribution >= 0.6 is 0 Å². The third kappa shape index (κ3) is 4.29. The van der Waals surface area contributed by atoms with Crippen LogP contribution in [-0.2, 0) is 17.6 Å². The summed E-state index contributed by atoms with van der Waals surface area (Å²) in [6.07, 6.45) is 2.50. The van der Waals surface area contributed by atoms with Crippen LogP contribution in [0.4, 0.5) is 4.39 Å². The number of amides is 1. The second-order valence-corrected chi connectivity index (χ2v) is 9.37. The van der Waals surface area contributed by atoms with E-state index in [0.717, 1.165) is 40.8 Å². The molecule has 5 nitrogen and oxygen atoms in total. The average Bonchev–Trinajstić information content (AvgIpc) is 3.18. The van der Waals surface area contributed by atoms with Crippen molar-refractivity contribution in [3.8, 4) is 0 Å². The lowest BCUT2D eigenvalue weighted by Crippen LogP contribution is -2.53. The third-order valence-corrected chi connectivity index (χ3v) is 6.91. The first-order valence-corrected chi connectivity index (χ1v) is 11.5. The number of hydrogen-bond donors (Lipinski definition) is 3. The molecule has 1 amide bonds. The normalized spacial score (nSPS) is 21.5. The van der Waals surface area contributed by atoms with Gasteiger partial charge in [0.1, 0.15) is 11.6 Å². The highest BCUT2D eigenvalue weighted by Gasteiger charge is 2.49. The van der Waals surface area contributed by atoms with Crippen LogP contribution in [-0.4, -0.2) is 33.1 Å². The van der Waals surface area contributed by atoms with E-state index >= 15 is 0 Å². The Hall–Kier alpha value is -2.73. The van der Waals surface area contributed by atoms with E-state index in [1.54, 1.807) is 19.1 Å². The molecule has 0 fully saturated rings. The highest BCUT2D eigenvalue weighted by molar-refractivity contribution is 5.80. The number of nitrogens with one attached hydrogen (secondary N) is 2. The van der Waals surface area contributed by atoms with Crippen LogP contribution in [0, 0.1) is 17.7 Å². The molecule has 6 heteroatoms. The van der Waals surface area contributed by atoms with Crippen LogP contribution in [0.5, 0.6) is 0 Å². The van der Waals surface area contributed by atoms with Gasteiger partial charge in [0.15, 0.2) is 0 Å². The van der Waals surface area contributed by atoms with Crippen molar-refractivity contribution in [3.63, 3.8) is 0 Å². The summed E-state index contributed by atoms with van der Waals surface area (Å²) in [6, 6.07) is 12.7. The minimum atomic E-state index is -1.16. The quantitative estimate of drug-likeness (QED) is 0.476. The van der Waals surface area contributed by atoms with Crippen LogP contribution in [0.1, 0.15) is 56.5 Å². The number of carbonyl (C=O) groups is 1. The van der Waals surface area contributed by atoms with Crippen molar-refractivity contribution >= 4 is 16.9 Å². The number of H-pyrrole nitrogens is 1. The molecule has 4 rings (SSSR count). The van der Waals surface area contributed by atoms with Gasteiger partial charge in [-0.3, -0.25) is 4.79 Å². The van der Waals surface area contributed by atoms with E-state index < -0.39 is 11.5 Å². The van der Waals surface area contributed by atoms with Crippen LogP contribution in [0.3, 0.4) is 0 Å². The summed E-state index contributed by atoms with van der Waals surface area (Å²) in [4.78, 5) is 20.9. The first-order valence-electron chi connectivity index (χ1n) is 11.5. The molecule has 1 aromatic heterocycles. The number of aryl methyl sites for hydroxylation is 2. The monoisotopic (exact) mass is 437 g/mol. The smallest absolute Gasteiger partial charge is 0.225 e. The largest absolute Gasteiger partial charge is 0.388 e. The molecule has 0 aliphatic heterocycles. The summed E-state index contributed by atoms with van der Waals surface area (Å²) in [7, 11) is 0. The van der Waals surface area contributed by atoms with E-state index in [-0.39, 0.29) is 23.6 Å². The predicted octanol–water partition coefficient (Wildman–Crippen LogP) is 4.50. The summed E-state index contributed by atoms with van der Waals surface area (Å²) >= 11 is 0. The highest BCUT2D eigenvalue weighted by atomic mass is 19.1. The summed E-state index contributed by atoms with van der Waals surface area (Å²) in [5.74, 6) is -0.168. The van der Waals surface area contributed by atoms with Crippen LogP contribution in [0.2, 0.25) is 0 Å². The molecule has 32 heavy (non-hydrogen) atoms. The van der Waals surface area contributed by atoms with E-state index in [0.29, 0.717) is 19.4 Å². The topological polar surface area (TPSA) is 78.0 Å². The van der Waals surface area contributed by atoms with Gasteiger partial charge in [-0.25, -0.2) is 9.37 Å². The van der Waals surface area contributed by atoms with Gasteiger partial charge < -0.3 is 15.4 Å². The van der Waals surface area contributed by atoms with Gasteiger partial charge in [0.2, 0.25) is 5.91 Å². The Morgan fingerprint density at radius 1 is 1.28 bits per heavy atom. The molecule has 3 unspecified atom stereocenters. The number of benzene rings is 2. The van der Waals surface area contributed by atoms with Crippen LogP contribution in [0.15, 0.2) is 42.5 Å². The summed E-state index contributed by atoms with van der Waals surface area (Å²) in [5.41, 5.74) is 2.69. The van der Waals surface area contributed by atoms with Crippen molar-refractivity contribution in [3.05, 3.63) is 65.2 Å². The second-order valence-electron chi connectivity index (χ2n) is 9.37. The Kier molecular flexibility index (Phi) is 6.33. The number of rotatable bonds is 7. The van der Waals surface area contributed by atoms with E-state index in [2.05, 4.69) is 15.3 Å². The van der Waals surface area contributed by atoms with Gasteiger partial charge in [0.05, 0.1) is 22.6 Å². The van der Waals surface area contributed by atoms with E-state index in [1.165, 1.54) is 6.07 Å². The lowest BCUT2D eigenvalue weighted by molar-refractivity contribution is -0.138. The van der Waals surface area contributed by atoms with Crippen molar-refractivity contribution in [2.24, 2.45) is 11.8 Å². The molecule has 3 N–H and O–H groups in total. The van der Waals surface area contributed by atoms with Gasteiger partial charge in [0.25, 0.3) is 0 Å². The summed E-state index contributed by atoms with van der Waals surface area (Å²) < 4.78 is 13.7. The molecule has 0 saturated carbocycles. The lowest BCUT2D eigenvalue weighted by atomic mass is 9.62. The van der Waals surface area contributed by atoms with Crippen molar-refractivity contribution in [1.29, 1.82) is 0 Å². The molecule has 2 aromatic carbocycles. The van der Waals surface area contributed by atoms with Crippen molar-refractivity contribution in [2.75, 3.05) is 6.54 Å². The van der Waals surface area contributed by atoms with Crippen LogP contribution in [0.25, 0.3) is 11.0 Å². The number of nitrogens with zero attached hydrogens (tertiary/aromatic N) is 1. The second kappa shape index (κ2) is 9.02. The zero-order valence-corrected chi connectivity index (χ0v) is 19.0. The minimum Gasteiger partial charge on any atom is -0.388 e. The molecule has 1 aliphatic rings. The molecule has 0 saturated heterocycles. The molecule has 0 bridgehead atoms. The Morgan fingerprint density at radius 2 is 2.06 bits per heavy atom. The molecule has 3 aromatic rings. The Labute approximate surface area is 188 Å². The maximum absolute atomic E-state index is 13.7. The van der Waals surface area contributed by atoms with Gasteiger partial charge >= 0.3 is 0 Å². The number of aromatic amines is 1. The standard InChI is InChI=1S/C26H32FN3O2/c1-16(2)24-20-11-10-19(27)15-18(20)12-13-26(24,32)17(3)25(31)28-14-6-9-23-29-21-7-4-5-8-22(21)30-23/h4-5,7-8,10-11,15-17,24,32H,6,9,12-14H2,1-3H3,(H,28,31)(H,29,30). The fourth-order valence-electron chi connectivity index (χ4n) is 5.25. The molecule has 0 radical (unpaired) electrons. The lowest BCUT2D eigenvalue weighted by Gasteiger charge is -2.46. The molecule has 0 spiro atoms. The van der Waals surface area contributed by atoms with Gasteiger partial charge in [0, 0.05) is 18.9 Å². The zero-order chi connectivity index (χ0) is 22.9. The summed E-state index contributed by atoms with van der Waals surface area (Å²) in [5, 5.41) is 14.7. The number of imidazole rings is 1. The SMILES string of the molecule is CC(C)C1c2ccc(F)cc2CCC1(O)C(C)C(=O)NCCCc1nc2ccccc2[nH]1. The number of halogens is 1. The molecule has 170 valence electrons. The number of aliphatic hydroxyl groups is 1. The summed E-state index contributed by atoms with van der Waals surface area (Å²) in [6.45, 7) is 6.42. The highest BCUT2D eigenvalue weighted by Crippen LogP contribution is 2.47.